The number of rotatable bonds is 3. The van der Waals surface area contributed by atoms with E-state index in [2.05, 4.69) is 15.9 Å². The van der Waals surface area contributed by atoms with Gasteiger partial charge in [-0.2, -0.15) is 0 Å². The molecule has 0 fully saturated rings. The molecule has 0 saturated heterocycles. The van der Waals surface area contributed by atoms with Crippen molar-refractivity contribution >= 4 is 22.2 Å². The molecule has 0 N–H and O–H groups in total. The summed E-state index contributed by atoms with van der Waals surface area (Å²) in [4.78, 5) is 10.4. The molecule has 1 aromatic carbocycles. The van der Waals surface area contributed by atoms with Gasteiger partial charge in [0.1, 0.15) is 5.82 Å². The topological polar surface area (TPSA) is 17.1 Å². The molecule has 0 bridgehead atoms. The van der Waals surface area contributed by atoms with Crippen LogP contribution in [0.1, 0.15) is 29.3 Å². The van der Waals surface area contributed by atoms with Gasteiger partial charge in [0.05, 0.1) is 5.56 Å². The van der Waals surface area contributed by atoms with Gasteiger partial charge in [0.2, 0.25) is 0 Å². The third-order valence-electron chi connectivity index (χ3n) is 1.84. The Morgan fingerprint density at radius 2 is 2.23 bits per heavy atom. The van der Waals surface area contributed by atoms with Crippen LogP contribution < -0.4 is 0 Å². The summed E-state index contributed by atoms with van der Waals surface area (Å²) in [5.74, 6) is -0.397. The van der Waals surface area contributed by atoms with E-state index in [-0.39, 0.29) is 5.56 Å². The minimum atomic E-state index is -0.397. The Labute approximate surface area is 85.1 Å². The Kier molecular flexibility index (Phi) is 3.60. The predicted molar refractivity (Wildman–Crippen MR) is 53.5 cm³/mol. The number of halogens is 2. The van der Waals surface area contributed by atoms with Crippen molar-refractivity contribution in [3.63, 3.8) is 0 Å². The van der Waals surface area contributed by atoms with Crippen molar-refractivity contribution in [3.05, 3.63) is 33.5 Å². The standard InChI is InChI=1S/C10H10BrFO/c1-2-3-8-9(11)5-4-7(6-13)10(8)12/h4-6H,2-3H2,1H3. The maximum absolute atomic E-state index is 13.5. The van der Waals surface area contributed by atoms with Crippen LogP contribution in [0, 0.1) is 5.82 Å². The number of hydrogen-bond donors (Lipinski definition) is 0. The average molecular weight is 245 g/mol. The summed E-state index contributed by atoms with van der Waals surface area (Å²) < 4.78 is 14.2. The van der Waals surface area contributed by atoms with E-state index < -0.39 is 5.82 Å². The Morgan fingerprint density at radius 3 is 2.77 bits per heavy atom. The third kappa shape index (κ3) is 2.15. The van der Waals surface area contributed by atoms with Gasteiger partial charge in [0, 0.05) is 10.0 Å². The minimum absolute atomic E-state index is 0.131. The summed E-state index contributed by atoms with van der Waals surface area (Å²) >= 11 is 3.26. The van der Waals surface area contributed by atoms with E-state index in [1.165, 1.54) is 6.07 Å². The summed E-state index contributed by atoms with van der Waals surface area (Å²) in [7, 11) is 0. The van der Waals surface area contributed by atoms with E-state index in [0.29, 0.717) is 18.3 Å². The molecule has 0 aliphatic heterocycles. The summed E-state index contributed by atoms with van der Waals surface area (Å²) in [6, 6.07) is 3.18. The molecule has 3 heteroatoms. The van der Waals surface area contributed by atoms with Gasteiger partial charge in [-0.15, -0.1) is 0 Å². The first kappa shape index (κ1) is 10.4. The lowest BCUT2D eigenvalue weighted by molar-refractivity contribution is 0.111. The first-order valence-electron chi connectivity index (χ1n) is 4.12. The number of carbonyl (C=O) groups is 1. The maximum atomic E-state index is 13.5. The third-order valence-corrected chi connectivity index (χ3v) is 2.59. The molecule has 0 aliphatic carbocycles. The van der Waals surface area contributed by atoms with E-state index in [9.17, 15) is 9.18 Å². The van der Waals surface area contributed by atoms with Crippen LogP contribution in [0.4, 0.5) is 4.39 Å². The molecule has 13 heavy (non-hydrogen) atoms. The summed E-state index contributed by atoms with van der Waals surface area (Å²) in [5.41, 5.74) is 0.721. The van der Waals surface area contributed by atoms with Gasteiger partial charge in [-0.1, -0.05) is 29.3 Å². The van der Waals surface area contributed by atoms with Crippen molar-refractivity contribution < 1.29 is 9.18 Å². The number of carbonyl (C=O) groups excluding carboxylic acids is 1. The summed E-state index contributed by atoms with van der Waals surface area (Å²) in [5, 5.41) is 0. The van der Waals surface area contributed by atoms with Gasteiger partial charge < -0.3 is 0 Å². The van der Waals surface area contributed by atoms with Gasteiger partial charge >= 0.3 is 0 Å². The lowest BCUT2D eigenvalue weighted by Crippen LogP contribution is -1.96. The molecule has 0 heterocycles. The zero-order valence-electron chi connectivity index (χ0n) is 7.31. The van der Waals surface area contributed by atoms with Crippen molar-refractivity contribution in [1.82, 2.24) is 0 Å². The first-order valence-corrected chi connectivity index (χ1v) is 4.92. The van der Waals surface area contributed by atoms with Crippen molar-refractivity contribution in [3.8, 4) is 0 Å². The van der Waals surface area contributed by atoms with E-state index in [1.54, 1.807) is 6.07 Å². The van der Waals surface area contributed by atoms with E-state index in [1.807, 2.05) is 6.92 Å². The molecule has 0 spiro atoms. The molecule has 0 atom stereocenters. The zero-order valence-corrected chi connectivity index (χ0v) is 8.90. The Bertz CT molecular complexity index is 323. The van der Waals surface area contributed by atoms with Crippen molar-refractivity contribution in [1.29, 1.82) is 0 Å². The summed E-state index contributed by atoms with van der Waals surface area (Å²) in [6.45, 7) is 1.97. The fourth-order valence-electron chi connectivity index (χ4n) is 1.19. The summed E-state index contributed by atoms with van der Waals surface area (Å²) in [6.07, 6.45) is 2.05. The number of benzene rings is 1. The van der Waals surface area contributed by atoms with Crippen LogP contribution in [0.3, 0.4) is 0 Å². The molecule has 1 rings (SSSR count). The lowest BCUT2D eigenvalue weighted by atomic mass is 10.1. The van der Waals surface area contributed by atoms with Gasteiger partial charge in [0.25, 0.3) is 0 Å². The normalized spacial score (nSPS) is 10.1. The first-order chi connectivity index (χ1) is 6.20. The van der Waals surface area contributed by atoms with Crippen LogP contribution in [-0.4, -0.2) is 6.29 Å². The van der Waals surface area contributed by atoms with Crippen LogP contribution in [0.15, 0.2) is 16.6 Å². The molecule has 0 unspecified atom stereocenters. The quantitative estimate of drug-likeness (QED) is 0.746. The molecule has 0 saturated carbocycles. The van der Waals surface area contributed by atoms with Gasteiger partial charge in [-0.25, -0.2) is 4.39 Å². The average Bonchev–Trinajstić information content (AvgIpc) is 2.12. The number of hydrogen-bond acceptors (Lipinski definition) is 1. The van der Waals surface area contributed by atoms with E-state index >= 15 is 0 Å². The molecular weight excluding hydrogens is 235 g/mol. The highest BCUT2D eigenvalue weighted by Gasteiger charge is 2.10. The van der Waals surface area contributed by atoms with Crippen LogP contribution in [0.25, 0.3) is 0 Å². The Morgan fingerprint density at radius 1 is 1.54 bits per heavy atom. The van der Waals surface area contributed by atoms with Crippen molar-refractivity contribution in [2.24, 2.45) is 0 Å². The monoisotopic (exact) mass is 244 g/mol. The SMILES string of the molecule is CCCc1c(Br)ccc(C=O)c1F. The second kappa shape index (κ2) is 4.51. The van der Waals surface area contributed by atoms with Crippen LogP contribution in [0.2, 0.25) is 0 Å². The zero-order chi connectivity index (χ0) is 9.84. The smallest absolute Gasteiger partial charge is 0.153 e. The largest absolute Gasteiger partial charge is 0.298 e. The maximum Gasteiger partial charge on any atom is 0.153 e. The van der Waals surface area contributed by atoms with Crippen molar-refractivity contribution in [2.75, 3.05) is 0 Å². The molecule has 0 amide bonds. The fourth-order valence-corrected chi connectivity index (χ4v) is 1.69. The second-order valence-electron chi connectivity index (χ2n) is 2.80. The van der Waals surface area contributed by atoms with Crippen LogP contribution >= 0.6 is 15.9 Å². The van der Waals surface area contributed by atoms with E-state index in [0.717, 1.165) is 10.9 Å². The molecule has 70 valence electrons. The van der Waals surface area contributed by atoms with Crippen molar-refractivity contribution in [2.45, 2.75) is 19.8 Å². The highest BCUT2D eigenvalue weighted by molar-refractivity contribution is 9.10. The molecule has 0 aromatic heterocycles. The van der Waals surface area contributed by atoms with Gasteiger partial charge in [-0.3, -0.25) is 4.79 Å². The van der Waals surface area contributed by atoms with Gasteiger partial charge in [-0.05, 0) is 18.6 Å². The predicted octanol–water partition coefficient (Wildman–Crippen LogP) is 3.35. The molecule has 0 radical (unpaired) electrons. The van der Waals surface area contributed by atoms with Gasteiger partial charge in [0.15, 0.2) is 6.29 Å². The fraction of sp³-hybridized carbons (Fsp3) is 0.300. The number of aldehydes is 1. The minimum Gasteiger partial charge on any atom is -0.298 e. The highest BCUT2D eigenvalue weighted by Crippen LogP contribution is 2.23. The van der Waals surface area contributed by atoms with Crippen LogP contribution in [0.5, 0.6) is 0 Å². The van der Waals surface area contributed by atoms with E-state index in [4.69, 9.17) is 0 Å². The Balaban J connectivity index is 3.21. The Hall–Kier alpha value is -0.700. The molecular formula is C10H10BrFO. The molecule has 1 aromatic rings. The highest BCUT2D eigenvalue weighted by atomic mass is 79.9. The lowest BCUT2D eigenvalue weighted by Gasteiger charge is -2.05. The second-order valence-corrected chi connectivity index (χ2v) is 3.65. The molecule has 0 aliphatic rings. The van der Waals surface area contributed by atoms with Crippen LogP contribution in [-0.2, 0) is 6.42 Å². The molecule has 1 nitrogen and oxygen atoms in total.